The first-order valence-corrected chi connectivity index (χ1v) is 12.4. The van der Waals surface area contributed by atoms with E-state index in [2.05, 4.69) is 0 Å². The Bertz CT molecular complexity index is 1030. The van der Waals surface area contributed by atoms with Crippen LogP contribution in [-0.2, 0) is 21.4 Å². The Hall–Kier alpha value is -1.83. The molecule has 1 saturated heterocycles. The first kappa shape index (κ1) is 24.3. The zero-order chi connectivity index (χ0) is 23.8. The Labute approximate surface area is 202 Å². The summed E-state index contributed by atoms with van der Waals surface area (Å²) in [6.45, 7) is 4.25. The van der Waals surface area contributed by atoms with Crippen molar-refractivity contribution in [1.82, 2.24) is 0 Å². The van der Waals surface area contributed by atoms with Crippen LogP contribution in [-0.4, -0.2) is 35.7 Å². The number of ether oxygens (including phenoxy) is 2. The molecule has 2 aromatic carbocycles. The number of hydrogen-bond donors (Lipinski definition) is 1. The first-order chi connectivity index (χ1) is 15.6. The fourth-order valence-electron chi connectivity index (χ4n) is 5.00. The van der Waals surface area contributed by atoms with Crippen molar-refractivity contribution in [3.63, 3.8) is 0 Å². The molecule has 0 unspecified atom stereocenters. The van der Waals surface area contributed by atoms with E-state index >= 15 is 4.39 Å². The summed E-state index contributed by atoms with van der Waals surface area (Å²) in [7, 11) is 0. The normalized spacial score (nSPS) is 24.5. The summed E-state index contributed by atoms with van der Waals surface area (Å²) in [6.07, 6.45) is 1.49. The van der Waals surface area contributed by atoms with Gasteiger partial charge in [-0.3, -0.25) is 4.79 Å². The molecule has 1 amide bonds. The van der Waals surface area contributed by atoms with Crippen LogP contribution in [0.1, 0.15) is 37.8 Å². The molecule has 0 aromatic heterocycles. The monoisotopic (exact) mass is 495 g/mol. The molecule has 8 heteroatoms. The van der Waals surface area contributed by atoms with Crippen molar-refractivity contribution in [2.75, 3.05) is 19.0 Å². The van der Waals surface area contributed by atoms with Crippen LogP contribution in [0.5, 0.6) is 5.75 Å². The molecule has 3 atom stereocenters. The van der Waals surface area contributed by atoms with Crippen molar-refractivity contribution >= 4 is 29.3 Å². The van der Waals surface area contributed by atoms with Crippen molar-refractivity contribution < 1.29 is 23.0 Å². The van der Waals surface area contributed by atoms with Crippen molar-refractivity contribution in [1.29, 1.82) is 0 Å². The highest BCUT2D eigenvalue weighted by Gasteiger charge is 2.53. The fourth-order valence-corrected chi connectivity index (χ4v) is 6.13. The van der Waals surface area contributed by atoms with E-state index in [9.17, 15) is 9.18 Å². The fraction of sp³-hybridized carbons (Fsp3) is 0.480. The third-order valence-electron chi connectivity index (χ3n) is 6.89. The number of halogens is 3. The smallest absolute Gasteiger partial charge is 0.233 e. The molecule has 0 spiro atoms. The van der Waals surface area contributed by atoms with Crippen LogP contribution < -0.4 is 10.5 Å². The lowest BCUT2D eigenvalue weighted by Crippen LogP contribution is -2.55. The molecule has 0 bridgehead atoms. The van der Waals surface area contributed by atoms with Gasteiger partial charge in [-0.2, -0.15) is 0 Å². The van der Waals surface area contributed by atoms with Gasteiger partial charge in [-0.05, 0) is 68.7 Å². The average molecular weight is 496 g/mol. The molecular formula is C25H28ClF2NO3S. The molecule has 2 aromatic rings. The summed E-state index contributed by atoms with van der Waals surface area (Å²) in [5.74, 6) is -0.918. The van der Waals surface area contributed by atoms with Gasteiger partial charge in [0, 0.05) is 28.5 Å². The highest BCUT2D eigenvalue weighted by atomic mass is 35.5. The predicted octanol–water partition coefficient (Wildman–Crippen LogP) is 5.28. The molecule has 2 heterocycles. The van der Waals surface area contributed by atoms with Gasteiger partial charge >= 0.3 is 0 Å². The van der Waals surface area contributed by atoms with Crippen LogP contribution in [0.2, 0.25) is 5.02 Å². The molecule has 2 aliphatic heterocycles. The highest BCUT2D eigenvalue weighted by Crippen LogP contribution is 2.53. The van der Waals surface area contributed by atoms with E-state index in [4.69, 9.17) is 26.8 Å². The van der Waals surface area contributed by atoms with E-state index in [0.717, 1.165) is 11.6 Å². The number of carbonyl (C=O) groups excluding carboxylic acids is 1. The van der Waals surface area contributed by atoms with Gasteiger partial charge in [0.15, 0.2) is 11.6 Å². The minimum absolute atomic E-state index is 0.00472. The van der Waals surface area contributed by atoms with Gasteiger partial charge in [-0.25, -0.2) is 8.78 Å². The Kier molecular flexibility index (Phi) is 6.95. The maximum atomic E-state index is 15.3. The number of carbonyl (C=O) groups is 1. The first-order valence-electron chi connectivity index (χ1n) is 11.1. The maximum absolute atomic E-state index is 15.3. The van der Waals surface area contributed by atoms with Gasteiger partial charge in [0.05, 0.1) is 17.5 Å². The van der Waals surface area contributed by atoms with Crippen LogP contribution in [0.15, 0.2) is 36.4 Å². The van der Waals surface area contributed by atoms with E-state index in [1.165, 1.54) is 17.8 Å². The van der Waals surface area contributed by atoms with Gasteiger partial charge in [0.2, 0.25) is 5.91 Å². The largest absolute Gasteiger partial charge is 0.490 e. The minimum Gasteiger partial charge on any atom is -0.490 e. The van der Waals surface area contributed by atoms with Gasteiger partial charge in [-0.1, -0.05) is 23.7 Å². The van der Waals surface area contributed by atoms with Crippen molar-refractivity contribution in [3.05, 3.63) is 64.2 Å². The summed E-state index contributed by atoms with van der Waals surface area (Å²) in [4.78, 5) is 11.7. The Balaban J connectivity index is 1.69. The van der Waals surface area contributed by atoms with Crippen molar-refractivity contribution in [3.8, 4) is 5.75 Å². The average Bonchev–Trinajstić information content (AvgIpc) is 2.77. The molecule has 0 saturated carbocycles. The second-order valence-electron chi connectivity index (χ2n) is 9.28. The van der Waals surface area contributed by atoms with Crippen LogP contribution in [0.4, 0.5) is 8.78 Å². The number of primary amides is 1. The number of fused-ring (bicyclic) bond motifs is 3. The van der Waals surface area contributed by atoms with Crippen molar-refractivity contribution in [2.45, 2.75) is 49.4 Å². The molecule has 2 aliphatic rings. The lowest BCUT2D eigenvalue weighted by Gasteiger charge is -2.51. The number of rotatable bonds is 7. The summed E-state index contributed by atoms with van der Waals surface area (Å²) in [6, 6.07) is 9.77. The number of amides is 1. The second-order valence-corrected chi connectivity index (χ2v) is 11.4. The van der Waals surface area contributed by atoms with E-state index in [1.54, 1.807) is 13.8 Å². The number of hydrogen-bond acceptors (Lipinski definition) is 4. The second kappa shape index (κ2) is 9.43. The lowest BCUT2D eigenvalue weighted by atomic mass is 9.60. The van der Waals surface area contributed by atoms with Crippen LogP contribution in [0, 0.1) is 17.6 Å². The summed E-state index contributed by atoms with van der Waals surface area (Å²) in [5, 5.41) is 0.622. The minimum atomic E-state index is -0.694. The SMILES string of the molecule is CC(C)(SCC[C@@H]1OCC[C@@]2(Cc3ccc(Cl)cc3)c3c(F)ccc(F)c3OC[C@@H]12)C(N)=O. The topological polar surface area (TPSA) is 61.6 Å². The van der Waals surface area contributed by atoms with E-state index in [0.29, 0.717) is 42.2 Å². The molecule has 4 nitrogen and oxygen atoms in total. The maximum Gasteiger partial charge on any atom is 0.233 e. The Morgan fingerprint density at radius 2 is 1.91 bits per heavy atom. The molecule has 0 radical (unpaired) electrons. The Morgan fingerprint density at radius 1 is 1.21 bits per heavy atom. The standard InChI is InChI=1S/C25H28ClF2NO3S/c1-24(2,23(29)30)33-12-9-20-17-14-32-22-19(28)8-7-18(27)21(22)25(17,10-11-31-20)13-15-3-5-16(26)6-4-15/h3-8,17,20H,9-14H2,1-2H3,(H2,29,30)/t17-,20-,25-/m0/s1. The molecular weight excluding hydrogens is 468 g/mol. The molecule has 2 N–H and O–H groups in total. The zero-order valence-corrected chi connectivity index (χ0v) is 20.3. The van der Waals surface area contributed by atoms with Crippen LogP contribution in [0.25, 0.3) is 0 Å². The summed E-state index contributed by atoms with van der Waals surface area (Å²) < 4.78 is 41.2. The number of nitrogens with two attached hydrogens (primary N) is 1. The van der Waals surface area contributed by atoms with E-state index < -0.39 is 21.8 Å². The summed E-state index contributed by atoms with van der Waals surface area (Å²) >= 11 is 7.54. The van der Waals surface area contributed by atoms with E-state index in [1.807, 2.05) is 24.3 Å². The van der Waals surface area contributed by atoms with Gasteiger partial charge in [0.1, 0.15) is 5.82 Å². The van der Waals surface area contributed by atoms with Gasteiger partial charge in [0.25, 0.3) is 0 Å². The molecule has 33 heavy (non-hydrogen) atoms. The van der Waals surface area contributed by atoms with Gasteiger partial charge in [-0.15, -0.1) is 11.8 Å². The third kappa shape index (κ3) is 4.73. The predicted molar refractivity (Wildman–Crippen MR) is 127 cm³/mol. The quantitative estimate of drug-likeness (QED) is 0.567. The number of benzene rings is 2. The molecule has 1 fully saturated rings. The zero-order valence-electron chi connectivity index (χ0n) is 18.7. The lowest BCUT2D eigenvalue weighted by molar-refractivity contribution is -0.119. The molecule has 4 rings (SSSR count). The van der Waals surface area contributed by atoms with Crippen molar-refractivity contribution in [2.24, 2.45) is 11.7 Å². The Morgan fingerprint density at radius 3 is 2.61 bits per heavy atom. The molecule has 178 valence electrons. The number of thioether (sulfide) groups is 1. The third-order valence-corrected chi connectivity index (χ3v) is 8.51. The highest BCUT2D eigenvalue weighted by molar-refractivity contribution is 8.01. The van der Waals surface area contributed by atoms with Crippen LogP contribution >= 0.6 is 23.4 Å². The van der Waals surface area contributed by atoms with E-state index in [-0.39, 0.29) is 30.3 Å². The van der Waals surface area contributed by atoms with Crippen LogP contribution in [0.3, 0.4) is 0 Å². The van der Waals surface area contributed by atoms with Gasteiger partial charge < -0.3 is 15.2 Å². The molecule has 0 aliphatic carbocycles. The summed E-state index contributed by atoms with van der Waals surface area (Å²) in [5.41, 5.74) is 6.11.